The lowest BCUT2D eigenvalue weighted by Gasteiger charge is -2.14. The van der Waals surface area contributed by atoms with Crippen molar-refractivity contribution in [2.45, 2.75) is 18.9 Å². The third kappa shape index (κ3) is 1.11. The molecule has 11 heavy (non-hydrogen) atoms. The van der Waals surface area contributed by atoms with Gasteiger partial charge in [0.15, 0.2) is 5.82 Å². The van der Waals surface area contributed by atoms with Crippen LogP contribution in [0.25, 0.3) is 0 Å². The predicted octanol–water partition coefficient (Wildman–Crippen LogP) is -0.0336. The predicted molar refractivity (Wildman–Crippen MR) is 38.8 cm³/mol. The molecule has 1 aromatic heterocycles. The van der Waals surface area contributed by atoms with Gasteiger partial charge in [0.05, 0.1) is 6.04 Å². The van der Waals surface area contributed by atoms with E-state index >= 15 is 0 Å². The summed E-state index contributed by atoms with van der Waals surface area (Å²) in [4.78, 5) is 2.27. The van der Waals surface area contributed by atoms with Crippen molar-refractivity contribution in [1.82, 2.24) is 25.5 Å². The Morgan fingerprint density at radius 1 is 1.64 bits per heavy atom. The number of H-pyrrole nitrogens is 1. The van der Waals surface area contributed by atoms with E-state index in [-0.39, 0.29) is 0 Å². The molecule has 1 saturated heterocycles. The Bertz CT molecular complexity index is 219. The molecular formula is C6H11N5. The van der Waals surface area contributed by atoms with Crippen LogP contribution in [0.5, 0.6) is 0 Å². The van der Waals surface area contributed by atoms with Crippen molar-refractivity contribution in [2.24, 2.45) is 0 Å². The zero-order chi connectivity index (χ0) is 7.68. The SMILES string of the molecule is CN1CCC[C@H]1c1nnn[nH]1. The van der Waals surface area contributed by atoms with Gasteiger partial charge in [-0.3, -0.25) is 4.90 Å². The highest BCUT2D eigenvalue weighted by Crippen LogP contribution is 2.26. The Hall–Kier alpha value is -0.970. The second-order valence-electron chi connectivity index (χ2n) is 2.93. The van der Waals surface area contributed by atoms with Crippen LogP contribution in [0.15, 0.2) is 0 Å². The molecule has 0 aromatic carbocycles. The van der Waals surface area contributed by atoms with E-state index in [0.717, 1.165) is 18.8 Å². The summed E-state index contributed by atoms with van der Waals surface area (Å²) in [5.41, 5.74) is 0. The standard InChI is InChI=1S/C6H11N5/c1-11-4-2-3-5(11)6-7-9-10-8-6/h5H,2-4H2,1H3,(H,7,8,9,10)/t5-/m0/s1. The summed E-state index contributed by atoms with van der Waals surface area (Å²) in [5, 5.41) is 13.8. The van der Waals surface area contributed by atoms with Gasteiger partial charge in [0.2, 0.25) is 0 Å². The minimum absolute atomic E-state index is 0.407. The smallest absolute Gasteiger partial charge is 0.165 e. The first-order valence-corrected chi connectivity index (χ1v) is 3.82. The summed E-state index contributed by atoms with van der Waals surface area (Å²) in [6.07, 6.45) is 2.40. The number of tetrazole rings is 1. The van der Waals surface area contributed by atoms with Gasteiger partial charge >= 0.3 is 0 Å². The van der Waals surface area contributed by atoms with Crippen molar-refractivity contribution in [1.29, 1.82) is 0 Å². The number of likely N-dealkylation sites (tertiary alicyclic amines) is 1. The minimum Gasteiger partial charge on any atom is -0.296 e. The third-order valence-corrected chi connectivity index (χ3v) is 2.20. The van der Waals surface area contributed by atoms with Crippen molar-refractivity contribution in [3.63, 3.8) is 0 Å². The lowest BCUT2D eigenvalue weighted by atomic mass is 10.2. The lowest BCUT2D eigenvalue weighted by molar-refractivity contribution is 0.306. The monoisotopic (exact) mass is 153 g/mol. The summed E-state index contributed by atoms with van der Waals surface area (Å²) in [7, 11) is 2.10. The number of nitrogens with zero attached hydrogens (tertiary/aromatic N) is 4. The number of nitrogens with one attached hydrogen (secondary N) is 1. The van der Waals surface area contributed by atoms with Gasteiger partial charge in [-0.25, -0.2) is 5.10 Å². The molecule has 60 valence electrons. The number of hydrogen-bond acceptors (Lipinski definition) is 4. The van der Waals surface area contributed by atoms with Gasteiger partial charge in [0.1, 0.15) is 0 Å². The van der Waals surface area contributed by atoms with Gasteiger partial charge in [-0.05, 0) is 36.9 Å². The molecule has 1 aliphatic rings. The van der Waals surface area contributed by atoms with Crippen LogP contribution in [-0.4, -0.2) is 39.1 Å². The van der Waals surface area contributed by atoms with Gasteiger partial charge in [-0.1, -0.05) is 0 Å². The fourth-order valence-corrected chi connectivity index (χ4v) is 1.56. The van der Waals surface area contributed by atoms with Crippen molar-refractivity contribution < 1.29 is 0 Å². The van der Waals surface area contributed by atoms with Crippen LogP contribution in [0.4, 0.5) is 0 Å². The van der Waals surface area contributed by atoms with E-state index in [9.17, 15) is 0 Å². The molecule has 5 nitrogen and oxygen atoms in total. The van der Waals surface area contributed by atoms with E-state index in [1.807, 2.05) is 0 Å². The second-order valence-corrected chi connectivity index (χ2v) is 2.93. The Balaban J connectivity index is 2.16. The zero-order valence-corrected chi connectivity index (χ0v) is 6.49. The average Bonchev–Trinajstić information content (AvgIpc) is 2.55. The lowest BCUT2D eigenvalue weighted by Crippen LogP contribution is -2.18. The van der Waals surface area contributed by atoms with Gasteiger partial charge < -0.3 is 0 Å². The van der Waals surface area contributed by atoms with Crippen LogP contribution in [0.3, 0.4) is 0 Å². The van der Waals surface area contributed by atoms with Crippen LogP contribution in [0.1, 0.15) is 24.7 Å². The van der Waals surface area contributed by atoms with Gasteiger partial charge in [0.25, 0.3) is 0 Å². The molecule has 2 heterocycles. The fourth-order valence-electron chi connectivity index (χ4n) is 1.56. The molecule has 1 fully saturated rings. The van der Waals surface area contributed by atoms with Crippen LogP contribution in [0.2, 0.25) is 0 Å². The van der Waals surface area contributed by atoms with Crippen molar-refractivity contribution in [3.8, 4) is 0 Å². The maximum atomic E-state index is 3.89. The average molecular weight is 153 g/mol. The summed E-state index contributed by atoms with van der Waals surface area (Å²) < 4.78 is 0. The first kappa shape index (κ1) is 6.72. The van der Waals surface area contributed by atoms with Gasteiger partial charge in [-0.15, -0.1) is 5.10 Å². The highest BCUT2D eigenvalue weighted by molar-refractivity contribution is 4.92. The second kappa shape index (κ2) is 2.58. The maximum absolute atomic E-state index is 3.89. The molecular weight excluding hydrogens is 142 g/mol. The highest BCUT2D eigenvalue weighted by atomic mass is 15.5. The fraction of sp³-hybridized carbons (Fsp3) is 0.833. The molecule has 0 bridgehead atoms. The van der Waals surface area contributed by atoms with Crippen LogP contribution < -0.4 is 0 Å². The molecule has 0 aliphatic carbocycles. The van der Waals surface area contributed by atoms with Gasteiger partial charge in [-0.2, -0.15) is 0 Å². The first-order chi connectivity index (χ1) is 5.38. The Kier molecular flexibility index (Phi) is 1.58. The minimum atomic E-state index is 0.407. The molecule has 0 saturated carbocycles. The summed E-state index contributed by atoms with van der Waals surface area (Å²) in [5.74, 6) is 0.894. The van der Waals surface area contributed by atoms with Crippen LogP contribution in [-0.2, 0) is 0 Å². The van der Waals surface area contributed by atoms with E-state index in [2.05, 4.69) is 32.6 Å². The van der Waals surface area contributed by atoms with E-state index in [1.54, 1.807) is 0 Å². The van der Waals surface area contributed by atoms with E-state index < -0.39 is 0 Å². The number of hydrogen-bond donors (Lipinski definition) is 1. The van der Waals surface area contributed by atoms with Crippen LogP contribution >= 0.6 is 0 Å². The van der Waals surface area contributed by atoms with Crippen molar-refractivity contribution in [3.05, 3.63) is 5.82 Å². The molecule has 1 atom stereocenters. The molecule has 5 heteroatoms. The Morgan fingerprint density at radius 2 is 2.55 bits per heavy atom. The zero-order valence-electron chi connectivity index (χ0n) is 6.49. The van der Waals surface area contributed by atoms with Gasteiger partial charge in [0, 0.05) is 0 Å². The first-order valence-electron chi connectivity index (χ1n) is 3.82. The Morgan fingerprint density at radius 3 is 3.09 bits per heavy atom. The molecule has 1 aliphatic heterocycles. The number of aromatic amines is 1. The molecule has 2 rings (SSSR count). The number of rotatable bonds is 1. The van der Waals surface area contributed by atoms with E-state index in [1.165, 1.54) is 6.42 Å². The third-order valence-electron chi connectivity index (χ3n) is 2.20. The number of aromatic nitrogens is 4. The van der Waals surface area contributed by atoms with Crippen molar-refractivity contribution in [2.75, 3.05) is 13.6 Å². The molecule has 0 amide bonds. The highest BCUT2D eigenvalue weighted by Gasteiger charge is 2.24. The summed E-state index contributed by atoms with van der Waals surface area (Å²) in [6, 6.07) is 0.407. The topological polar surface area (TPSA) is 57.7 Å². The van der Waals surface area contributed by atoms with Crippen molar-refractivity contribution >= 4 is 0 Å². The Labute approximate surface area is 64.8 Å². The molecule has 0 spiro atoms. The summed E-state index contributed by atoms with van der Waals surface area (Å²) in [6.45, 7) is 1.14. The quantitative estimate of drug-likeness (QED) is 0.615. The molecule has 0 unspecified atom stereocenters. The largest absolute Gasteiger partial charge is 0.296 e. The van der Waals surface area contributed by atoms with E-state index in [0.29, 0.717) is 6.04 Å². The van der Waals surface area contributed by atoms with Crippen LogP contribution in [0, 0.1) is 0 Å². The summed E-state index contributed by atoms with van der Waals surface area (Å²) >= 11 is 0. The molecule has 1 aromatic rings. The maximum Gasteiger partial charge on any atom is 0.165 e. The molecule has 0 radical (unpaired) electrons. The van der Waals surface area contributed by atoms with E-state index in [4.69, 9.17) is 0 Å². The molecule has 1 N–H and O–H groups in total. The normalized spacial score (nSPS) is 26.1.